The number of hydrogen-bond donors (Lipinski definition) is 2. The minimum absolute atomic E-state index is 0.0620. The molecule has 0 bridgehead atoms. The van der Waals surface area contributed by atoms with Crippen LogP contribution in [0, 0.1) is 6.92 Å². The Morgan fingerprint density at radius 2 is 1.76 bits per heavy atom. The van der Waals surface area contributed by atoms with E-state index in [1.807, 2.05) is 69.1 Å². The molecule has 0 aliphatic carbocycles. The minimum atomic E-state index is -0.535. The van der Waals surface area contributed by atoms with Crippen molar-refractivity contribution in [1.29, 1.82) is 0 Å². The highest BCUT2D eigenvalue weighted by Gasteiger charge is 2.28. The van der Waals surface area contributed by atoms with Crippen LogP contribution >= 0.6 is 0 Å². The summed E-state index contributed by atoms with van der Waals surface area (Å²) in [4.78, 5) is 44.3. The molecule has 2 aliphatic rings. The topological polar surface area (TPSA) is 94.7 Å². The van der Waals surface area contributed by atoms with E-state index in [2.05, 4.69) is 10.3 Å². The molecule has 0 atom stereocenters. The van der Waals surface area contributed by atoms with Crippen LogP contribution in [0.25, 0.3) is 11.6 Å². The summed E-state index contributed by atoms with van der Waals surface area (Å²) in [5, 5.41) is 2.89. The van der Waals surface area contributed by atoms with Gasteiger partial charge in [-0.25, -0.2) is 4.79 Å². The van der Waals surface area contributed by atoms with Crippen molar-refractivity contribution in [1.82, 2.24) is 14.8 Å². The molecule has 1 fully saturated rings. The molecule has 0 saturated carbocycles. The van der Waals surface area contributed by atoms with E-state index in [0.717, 1.165) is 28.1 Å². The molecule has 8 heteroatoms. The third-order valence-corrected chi connectivity index (χ3v) is 6.12. The second-order valence-electron chi connectivity index (χ2n) is 9.77. The SMILES string of the molecule is Cc1c[nH]c(/C=C2\C(=O)Nc3ccccc32)c1CCC(=O)N1CCN(C(=O)OC(C)(C)C)CC1. The van der Waals surface area contributed by atoms with Crippen LogP contribution in [0.1, 0.15) is 49.6 Å². The van der Waals surface area contributed by atoms with Gasteiger partial charge in [0, 0.05) is 55.7 Å². The number of para-hydroxylation sites is 1. The smallest absolute Gasteiger partial charge is 0.410 e. The van der Waals surface area contributed by atoms with Crippen LogP contribution in [0.15, 0.2) is 30.5 Å². The number of H-pyrrole nitrogens is 1. The summed E-state index contributed by atoms with van der Waals surface area (Å²) in [6, 6.07) is 7.62. The van der Waals surface area contributed by atoms with Crippen LogP contribution in [0.5, 0.6) is 0 Å². The number of carbonyl (C=O) groups excluding carboxylic acids is 3. The molecule has 3 heterocycles. The Kier molecular flexibility index (Phi) is 6.50. The first-order chi connectivity index (χ1) is 16.1. The summed E-state index contributed by atoms with van der Waals surface area (Å²) in [6.45, 7) is 9.46. The highest BCUT2D eigenvalue weighted by Crippen LogP contribution is 2.33. The van der Waals surface area contributed by atoms with E-state index in [1.165, 1.54) is 0 Å². The normalized spacial score (nSPS) is 17.1. The predicted molar refractivity (Wildman–Crippen MR) is 131 cm³/mol. The Morgan fingerprint density at radius 1 is 1.09 bits per heavy atom. The van der Waals surface area contributed by atoms with Crippen LogP contribution in [-0.4, -0.2) is 64.5 Å². The second-order valence-corrected chi connectivity index (χ2v) is 9.77. The van der Waals surface area contributed by atoms with Crippen molar-refractivity contribution in [2.45, 2.75) is 46.1 Å². The van der Waals surface area contributed by atoms with Crippen LogP contribution in [0.4, 0.5) is 10.5 Å². The number of hydrogen-bond acceptors (Lipinski definition) is 4. The average Bonchev–Trinajstić information content (AvgIpc) is 3.30. The van der Waals surface area contributed by atoms with Crippen molar-refractivity contribution >= 4 is 35.2 Å². The van der Waals surface area contributed by atoms with E-state index in [1.54, 1.807) is 4.90 Å². The number of nitrogens with one attached hydrogen (secondary N) is 2. The van der Waals surface area contributed by atoms with E-state index >= 15 is 0 Å². The maximum absolute atomic E-state index is 12.9. The first-order valence-corrected chi connectivity index (χ1v) is 11.7. The highest BCUT2D eigenvalue weighted by molar-refractivity contribution is 6.34. The van der Waals surface area contributed by atoms with Gasteiger partial charge in [-0.3, -0.25) is 9.59 Å². The number of carbonyl (C=O) groups is 3. The van der Waals surface area contributed by atoms with Crippen molar-refractivity contribution in [2.75, 3.05) is 31.5 Å². The van der Waals surface area contributed by atoms with Gasteiger partial charge >= 0.3 is 6.09 Å². The summed E-state index contributed by atoms with van der Waals surface area (Å²) >= 11 is 0. The maximum atomic E-state index is 12.9. The Labute approximate surface area is 200 Å². The number of aromatic amines is 1. The quantitative estimate of drug-likeness (QED) is 0.673. The average molecular weight is 465 g/mol. The molecule has 0 spiro atoms. The molecule has 2 aromatic rings. The molecule has 4 rings (SSSR count). The molecule has 34 heavy (non-hydrogen) atoms. The molecule has 2 aliphatic heterocycles. The highest BCUT2D eigenvalue weighted by atomic mass is 16.6. The van der Waals surface area contributed by atoms with Gasteiger partial charge in [0.25, 0.3) is 5.91 Å². The number of fused-ring (bicyclic) bond motifs is 1. The number of rotatable bonds is 4. The zero-order chi connectivity index (χ0) is 24.5. The molecule has 1 aromatic heterocycles. The van der Waals surface area contributed by atoms with Gasteiger partial charge in [-0.1, -0.05) is 18.2 Å². The van der Waals surface area contributed by atoms with Crippen LogP contribution in [-0.2, 0) is 20.7 Å². The third-order valence-electron chi connectivity index (χ3n) is 6.12. The number of amides is 3. The third kappa shape index (κ3) is 5.16. The van der Waals surface area contributed by atoms with Gasteiger partial charge < -0.3 is 24.8 Å². The Balaban J connectivity index is 1.37. The number of nitrogens with zero attached hydrogens (tertiary/aromatic N) is 2. The van der Waals surface area contributed by atoms with Crippen LogP contribution in [0.2, 0.25) is 0 Å². The molecule has 1 saturated heterocycles. The maximum Gasteiger partial charge on any atom is 0.410 e. The van der Waals surface area contributed by atoms with Crippen molar-refractivity contribution in [3.8, 4) is 0 Å². The Bertz CT molecular complexity index is 1130. The van der Waals surface area contributed by atoms with Crippen molar-refractivity contribution < 1.29 is 19.1 Å². The Hall–Kier alpha value is -3.55. The minimum Gasteiger partial charge on any atom is -0.444 e. The molecule has 2 N–H and O–H groups in total. The summed E-state index contributed by atoms with van der Waals surface area (Å²) < 4.78 is 5.43. The van der Waals surface area contributed by atoms with Gasteiger partial charge in [-0.05, 0) is 57.4 Å². The van der Waals surface area contributed by atoms with Crippen molar-refractivity contribution in [3.63, 3.8) is 0 Å². The van der Waals surface area contributed by atoms with E-state index in [0.29, 0.717) is 44.6 Å². The Morgan fingerprint density at radius 3 is 2.47 bits per heavy atom. The van der Waals surface area contributed by atoms with E-state index in [-0.39, 0.29) is 17.9 Å². The standard InChI is InChI=1S/C26H32N4O4/c1-17-16-27-22(15-20-19-7-5-6-8-21(19)28-24(20)32)18(17)9-10-23(31)29-11-13-30(14-12-29)25(33)34-26(2,3)4/h5-8,15-16,27H,9-14H2,1-4H3,(H,28,32)/b20-15-. The van der Waals surface area contributed by atoms with Crippen LogP contribution < -0.4 is 5.32 Å². The number of aryl methyl sites for hydroxylation is 1. The van der Waals surface area contributed by atoms with Gasteiger partial charge in [-0.2, -0.15) is 0 Å². The summed E-state index contributed by atoms with van der Waals surface area (Å²) in [5.74, 6) is -0.0645. The summed E-state index contributed by atoms with van der Waals surface area (Å²) in [5.41, 5.74) is 4.71. The molecule has 180 valence electrons. The second kappa shape index (κ2) is 9.37. The first kappa shape index (κ1) is 23.6. The number of anilines is 1. The lowest BCUT2D eigenvalue weighted by atomic mass is 10.0. The van der Waals surface area contributed by atoms with Gasteiger partial charge in [0.15, 0.2) is 0 Å². The lowest BCUT2D eigenvalue weighted by Gasteiger charge is -2.35. The number of piperazine rings is 1. The monoisotopic (exact) mass is 464 g/mol. The van der Waals surface area contributed by atoms with Gasteiger partial charge in [-0.15, -0.1) is 0 Å². The fraction of sp³-hybridized carbons (Fsp3) is 0.423. The number of ether oxygens (including phenoxy) is 1. The summed E-state index contributed by atoms with van der Waals surface area (Å²) in [7, 11) is 0. The predicted octanol–water partition coefficient (Wildman–Crippen LogP) is 3.83. The zero-order valence-electron chi connectivity index (χ0n) is 20.2. The van der Waals surface area contributed by atoms with E-state index in [4.69, 9.17) is 4.74 Å². The number of aromatic nitrogens is 1. The first-order valence-electron chi connectivity index (χ1n) is 11.7. The number of benzene rings is 1. The van der Waals surface area contributed by atoms with Gasteiger partial charge in [0.1, 0.15) is 5.60 Å². The molecule has 0 unspecified atom stereocenters. The fourth-order valence-corrected chi connectivity index (χ4v) is 4.31. The zero-order valence-corrected chi connectivity index (χ0v) is 20.2. The molecule has 8 nitrogen and oxygen atoms in total. The van der Waals surface area contributed by atoms with Crippen molar-refractivity contribution in [3.05, 3.63) is 52.8 Å². The van der Waals surface area contributed by atoms with E-state index < -0.39 is 5.60 Å². The lowest BCUT2D eigenvalue weighted by molar-refractivity contribution is -0.132. The molecule has 3 amide bonds. The van der Waals surface area contributed by atoms with Gasteiger partial charge in [0.2, 0.25) is 5.91 Å². The van der Waals surface area contributed by atoms with E-state index in [9.17, 15) is 14.4 Å². The largest absolute Gasteiger partial charge is 0.444 e. The lowest BCUT2D eigenvalue weighted by Crippen LogP contribution is -2.51. The van der Waals surface area contributed by atoms with Gasteiger partial charge in [0.05, 0.1) is 5.57 Å². The molecule has 0 radical (unpaired) electrons. The molecular weight excluding hydrogens is 432 g/mol. The van der Waals surface area contributed by atoms with Crippen molar-refractivity contribution in [2.24, 2.45) is 0 Å². The summed E-state index contributed by atoms with van der Waals surface area (Å²) in [6.07, 6.45) is 4.38. The molecule has 1 aromatic carbocycles. The van der Waals surface area contributed by atoms with Crippen LogP contribution in [0.3, 0.4) is 0 Å². The molecular formula is C26H32N4O4. The fourth-order valence-electron chi connectivity index (χ4n) is 4.31.